The van der Waals surface area contributed by atoms with E-state index in [2.05, 4.69) is 25.3 Å². The molecule has 0 radical (unpaired) electrons. The number of carbonyl (C=O) groups is 1. The summed E-state index contributed by atoms with van der Waals surface area (Å²) < 4.78 is 0. The average molecular weight is 222 g/mol. The van der Waals surface area contributed by atoms with Gasteiger partial charge in [-0.25, -0.2) is 4.79 Å². The molecule has 0 unspecified atom stereocenters. The normalized spacial score (nSPS) is 9.21. The van der Waals surface area contributed by atoms with Crippen molar-refractivity contribution in [2.75, 3.05) is 25.5 Å². The average Bonchev–Trinajstić information content (AvgIpc) is 2.15. The predicted octanol–water partition coefficient (Wildman–Crippen LogP) is 2.21. The lowest BCUT2D eigenvalue weighted by Crippen LogP contribution is -2.24. The largest absolute Gasteiger partial charge is 0.478 e. The summed E-state index contributed by atoms with van der Waals surface area (Å²) >= 11 is 5.51. The number of rotatable bonds is 5. The van der Waals surface area contributed by atoms with Crippen LogP contribution in [0.4, 0.5) is 0 Å². The van der Waals surface area contributed by atoms with Crippen LogP contribution in [0, 0.1) is 0 Å². The minimum Gasteiger partial charge on any atom is -0.478 e. The molecule has 0 heterocycles. The van der Waals surface area contributed by atoms with Crippen LogP contribution in [0.25, 0.3) is 0 Å². The Bertz CT molecular complexity index is 156. The molecule has 0 aromatic carbocycles. The molecule has 0 saturated heterocycles. The van der Waals surface area contributed by atoms with Crippen molar-refractivity contribution in [3.63, 3.8) is 0 Å². The fraction of sp³-hybridized carbons (Fsp3) is 0.700. The second kappa shape index (κ2) is 10.5. The van der Waals surface area contributed by atoms with Crippen molar-refractivity contribution in [1.82, 2.24) is 4.90 Å². The molecule has 0 atom stereocenters. The number of hydrogen-bond donors (Lipinski definition) is 1. The highest BCUT2D eigenvalue weighted by molar-refractivity contribution is 6.18. The van der Waals surface area contributed by atoms with Gasteiger partial charge in [-0.15, -0.1) is 11.6 Å². The standard InChI is InChI=1S/C6H14ClN.C4H6O2/c1-3-8(4-2)6-5-7;1-3(2)4(5)6/h3-6H2,1-2H3;1H2,2H3,(H,5,6). The number of carboxylic acid groups (broad SMARTS) is 1. The molecule has 84 valence electrons. The molecular formula is C10H20ClNO2. The molecule has 0 spiro atoms. The first-order valence-electron chi connectivity index (χ1n) is 4.66. The highest BCUT2D eigenvalue weighted by Crippen LogP contribution is 1.86. The Kier molecular flexibility index (Phi) is 12.0. The first-order valence-corrected chi connectivity index (χ1v) is 5.20. The lowest BCUT2D eigenvalue weighted by Gasteiger charge is -2.14. The number of halogens is 1. The van der Waals surface area contributed by atoms with Crippen LogP contribution in [0.15, 0.2) is 12.2 Å². The highest BCUT2D eigenvalue weighted by Gasteiger charge is 1.93. The Morgan fingerprint density at radius 2 is 1.79 bits per heavy atom. The van der Waals surface area contributed by atoms with Crippen LogP contribution >= 0.6 is 11.6 Å². The second-order valence-corrected chi connectivity index (χ2v) is 3.18. The van der Waals surface area contributed by atoms with Crippen molar-refractivity contribution in [2.45, 2.75) is 20.8 Å². The molecule has 3 nitrogen and oxygen atoms in total. The molecule has 14 heavy (non-hydrogen) atoms. The van der Waals surface area contributed by atoms with E-state index in [-0.39, 0.29) is 5.57 Å². The maximum atomic E-state index is 9.60. The zero-order valence-corrected chi connectivity index (χ0v) is 9.97. The van der Waals surface area contributed by atoms with Crippen LogP contribution < -0.4 is 0 Å². The third kappa shape index (κ3) is 11.5. The van der Waals surface area contributed by atoms with Crippen molar-refractivity contribution in [2.24, 2.45) is 0 Å². The van der Waals surface area contributed by atoms with Crippen molar-refractivity contribution in [3.8, 4) is 0 Å². The van der Waals surface area contributed by atoms with Gasteiger partial charge in [-0.1, -0.05) is 20.4 Å². The number of carboxylic acids is 1. The SMILES string of the molecule is C=C(C)C(=O)O.CCN(CC)CCCl. The van der Waals surface area contributed by atoms with Gasteiger partial charge < -0.3 is 10.0 Å². The van der Waals surface area contributed by atoms with Crippen molar-refractivity contribution in [1.29, 1.82) is 0 Å². The van der Waals surface area contributed by atoms with Crippen LogP contribution in [0.3, 0.4) is 0 Å². The van der Waals surface area contributed by atoms with Crippen LogP contribution in [0.2, 0.25) is 0 Å². The molecule has 0 aromatic rings. The maximum Gasteiger partial charge on any atom is 0.330 e. The van der Waals surface area contributed by atoms with Crippen LogP contribution in [-0.4, -0.2) is 41.5 Å². The first kappa shape index (κ1) is 15.9. The Balaban J connectivity index is 0. The van der Waals surface area contributed by atoms with Crippen LogP contribution in [0.5, 0.6) is 0 Å². The quantitative estimate of drug-likeness (QED) is 0.572. The lowest BCUT2D eigenvalue weighted by atomic mass is 10.4. The fourth-order valence-corrected chi connectivity index (χ4v) is 0.898. The molecule has 0 saturated carbocycles. The third-order valence-electron chi connectivity index (χ3n) is 1.66. The summed E-state index contributed by atoms with van der Waals surface area (Å²) in [7, 11) is 0. The first-order chi connectivity index (χ1) is 6.49. The molecule has 0 aliphatic carbocycles. The predicted molar refractivity (Wildman–Crippen MR) is 61.0 cm³/mol. The van der Waals surface area contributed by atoms with E-state index in [0.717, 1.165) is 25.5 Å². The molecule has 1 N–H and O–H groups in total. The van der Waals surface area contributed by atoms with E-state index in [4.69, 9.17) is 16.7 Å². The molecule has 0 aliphatic heterocycles. The van der Waals surface area contributed by atoms with Crippen LogP contribution in [-0.2, 0) is 4.79 Å². The van der Waals surface area contributed by atoms with Gasteiger partial charge in [-0.05, 0) is 20.0 Å². The third-order valence-corrected chi connectivity index (χ3v) is 1.83. The van der Waals surface area contributed by atoms with Crippen molar-refractivity contribution >= 4 is 17.6 Å². The summed E-state index contributed by atoms with van der Waals surface area (Å²) in [6.07, 6.45) is 0. The van der Waals surface area contributed by atoms with E-state index in [9.17, 15) is 4.79 Å². The number of hydrogen-bond acceptors (Lipinski definition) is 2. The Morgan fingerprint density at radius 3 is 1.86 bits per heavy atom. The van der Waals surface area contributed by atoms with Gasteiger partial charge in [0.2, 0.25) is 0 Å². The van der Waals surface area contributed by atoms with Gasteiger partial charge >= 0.3 is 5.97 Å². The van der Waals surface area contributed by atoms with E-state index in [0.29, 0.717) is 0 Å². The van der Waals surface area contributed by atoms with E-state index >= 15 is 0 Å². The van der Waals surface area contributed by atoms with Crippen molar-refractivity contribution < 1.29 is 9.90 Å². The van der Waals surface area contributed by atoms with Gasteiger partial charge in [0, 0.05) is 18.0 Å². The summed E-state index contributed by atoms with van der Waals surface area (Å²) in [6, 6.07) is 0. The molecule has 0 bridgehead atoms. The summed E-state index contributed by atoms with van der Waals surface area (Å²) in [6.45, 7) is 12.2. The molecule has 0 fully saturated rings. The van der Waals surface area contributed by atoms with Crippen LogP contribution in [0.1, 0.15) is 20.8 Å². The Labute approximate surface area is 91.4 Å². The van der Waals surface area contributed by atoms with Gasteiger partial charge in [-0.3, -0.25) is 0 Å². The summed E-state index contributed by atoms with van der Waals surface area (Å²) in [4.78, 5) is 11.9. The van der Waals surface area contributed by atoms with Gasteiger partial charge in [0.05, 0.1) is 0 Å². The molecule has 0 amide bonds. The van der Waals surface area contributed by atoms with Gasteiger partial charge in [0.1, 0.15) is 0 Å². The lowest BCUT2D eigenvalue weighted by molar-refractivity contribution is -0.132. The summed E-state index contributed by atoms with van der Waals surface area (Å²) in [5, 5.41) is 7.89. The van der Waals surface area contributed by atoms with E-state index in [1.807, 2.05) is 0 Å². The molecule has 0 rings (SSSR count). The molecular weight excluding hydrogens is 202 g/mol. The topological polar surface area (TPSA) is 40.5 Å². The molecule has 0 aromatic heterocycles. The second-order valence-electron chi connectivity index (χ2n) is 2.80. The van der Waals surface area contributed by atoms with E-state index in [1.54, 1.807) is 0 Å². The minimum absolute atomic E-state index is 0.176. The van der Waals surface area contributed by atoms with E-state index in [1.165, 1.54) is 6.92 Å². The van der Waals surface area contributed by atoms with E-state index < -0.39 is 5.97 Å². The highest BCUT2D eigenvalue weighted by atomic mass is 35.5. The number of nitrogens with zero attached hydrogens (tertiary/aromatic N) is 1. The summed E-state index contributed by atoms with van der Waals surface area (Å²) in [5.74, 6) is -0.184. The zero-order chi connectivity index (χ0) is 11.6. The van der Waals surface area contributed by atoms with Gasteiger partial charge in [-0.2, -0.15) is 0 Å². The maximum absolute atomic E-state index is 9.60. The van der Waals surface area contributed by atoms with Gasteiger partial charge in [0.25, 0.3) is 0 Å². The number of aliphatic carboxylic acids is 1. The zero-order valence-electron chi connectivity index (χ0n) is 9.22. The molecule has 0 aliphatic rings. The Morgan fingerprint density at radius 1 is 1.43 bits per heavy atom. The smallest absolute Gasteiger partial charge is 0.330 e. The van der Waals surface area contributed by atoms with Crippen molar-refractivity contribution in [3.05, 3.63) is 12.2 Å². The Hall–Kier alpha value is -0.540. The minimum atomic E-state index is -0.935. The summed E-state index contributed by atoms with van der Waals surface area (Å²) in [5.41, 5.74) is 0.176. The fourth-order valence-electron chi connectivity index (χ4n) is 0.659. The van der Waals surface area contributed by atoms with Gasteiger partial charge in [0.15, 0.2) is 0 Å². The number of alkyl halides is 1. The monoisotopic (exact) mass is 221 g/mol. The molecule has 4 heteroatoms.